The van der Waals surface area contributed by atoms with E-state index in [0.29, 0.717) is 28.4 Å². The summed E-state index contributed by atoms with van der Waals surface area (Å²) in [5, 5.41) is 11.2. The molecule has 1 aromatic carbocycles. The predicted octanol–water partition coefficient (Wildman–Crippen LogP) is 3.12. The largest absolute Gasteiger partial charge is 0.337 e. The van der Waals surface area contributed by atoms with Gasteiger partial charge in [-0.3, -0.25) is 9.89 Å². The average Bonchev–Trinajstić information content (AvgIpc) is 3.14. The molecule has 2 aliphatic rings. The second-order valence-corrected chi connectivity index (χ2v) is 6.72. The molecule has 0 radical (unpaired) electrons. The number of fused-ring (bicyclic) bond motifs is 2. The van der Waals surface area contributed by atoms with Gasteiger partial charge in [0.1, 0.15) is 0 Å². The Balaban J connectivity index is 0.00000169. The van der Waals surface area contributed by atoms with E-state index < -0.39 is 0 Å². The molecule has 2 aromatic rings. The van der Waals surface area contributed by atoms with Crippen molar-refractivity contribution in [3.05, 3.63) is 41.0 Å². The highest BCUT2D eigenvalue weighted by molar-refractivity contribution is 6.33. The Labute approximate surface area is 152 Å². The minimum atomic E-state index is 0. The molecule has 1 amide bonds. The van der Waals surface area contributed by atoms with Gasteiger partial charge in [0.15, 0.2) is 0 Å². The topological polar surface area (TPSA) is 61.0 Å². The number of hydrogen-bond donors (Lipinski definition) is 2. The molecule has 2 saturated heterocycles. The summed E-state index contributed by atoms with van der Waals surface area (Å²) < 4.78 is 0. The smallest absolute Gasteiger partial charge is 0.257 e. The Bertz CT molecular complexity index is 733. The molecule has 0 spiro atoms. The van der Waals surface area contributed by atoms with Gasteiger partial charge in [-0.1, -0.05) is 29.8 Å². The van der Waals surface area contributed by atoms with Crippen molar-refractivity contribution in [1.82, 2.24) is 20.4 Å². The molecule has 128 valence electrons. The molecule has 2 N–H and O–H groups in total. The highest BCUT2D eigenvalue weighted by Crippen LogP contribution is 2.30. The van der Waals surface area contributed by atoms with Crippen LogP contribution in [0.1, 0.15) is 29.6 Å². The Morgan fingerprint density at radius 1 is 1.21 bits per heavy atom. The van der Waals surface area contributed by atoms with Crippen LogP contribution in [0, 0.1) is 0 Å². The van der Waals surface area contributed by atoms with E-state index in [1.165, 1.54) is 6.42 Å². The zero-order valence-corrected chi connectivity index (χ0v) is 14.7. The van der Waals surface area contributed by atoms with Crippen LogP contribution >= 0.6 is 24.0 Å². The lowest BCUT2D eigenvalue weighted by atomic mass is 10.1. The summed E-state index contributed by atoms with van der Waals surface area (Å²) >= 11 is 6.27. The summed E-state index contributed by atoms with van der Waals surface area (Å²) in [5.41, 5.74) is 2.10. The van der Waals surface area contributed by atoms with E-state index in [4.69, 9.17) is 11.6 Å². The molecule has 24 heavy (non-hydrogen) atoms. The van der Waals surface area contributed by atoms with Gasteiger partial charge in [-0.2, -0.15) is 5.10 Å². The van der Waals surface area contributed by atoms with E-state index in [1.807, 2.05) is 29.2 Å². The third-order valence-corrected chi connectivity index (χ3v) is 5.15. The summed E-state index contributed by atoms with van der Waals surface area (Å²) in [7, 11) is 0. The van der Waals surface area contributed by atoms with Gasteiger partial charge >= 0.3 is 0 Å². The van der Waals surface area contributed by atoms with Crippen LogP contribution in [-0.2, 0) is 0 Å². The van der Waals surface area contributed by atoms with E-state index in [-0.39, 0.29) is 18.3 Å². The maximum absolute atomic E-state index is 13.0. The van der Waals surface area contributed by atoms with E-state index in [2.05, 4.69) is 15.5 Å². The number of amides is 1. The Morgan fingerprint density at radius 3 is 2.83 bits per heavy atom. The van der Waals surface area contributed by atoms with Crippen LogP contribution in [0.2, 0.25) is 5.02 Å². The molecule has 3 heterocycles. The predicted molar refractivity (Wildman–Crippen MR) is 96.7 cm³/mol. The van der Waals surface area contributed by atoms with Crippen molar-refractivity contribution in [2.75, 3.05) is 13.1 Å². The second-order valence-electron chi connectivity index (χ2n) is 6.32. The summed E-state index contributed by atoms with van der Waals surface area (Å²) in [6, 6.07) is 8.48. The standard InChI is InChI=1S/C17H19ClN4O.ClH/c18-15-4-2-1-3-13(15)16-14(9-19-21-16)17(23)22-8-7-11-5-6-12(10-22)20-11;/h1-4,9,11-12,20H,5-8,10H2,(H,19,21);1H. The SMILES string of the molecule is Cl.O=C(c1cn[nH]c1-c1ccccc1Cl)N1CCC2CCC(C1)N2. The van der Waals surface area contributed by atoms with Crippen molar-refractivity contribution in [3.63, 3.8) is 0 Å². The number of H-pyrrole nitrogens is 1. The number of aromatic nitrogens is 2. The summed E-state index contributed by atoms with van der Waals surface area (Å²) in [6.45, 7) is 1.56. The van der Waals surface area contributed by atoms with Gasteiger partial charge in [0, 0.05) is 35.8 Å². The molecular weight excluding hydrogens is 347 g/mol. The van der Waals surface area contributed by atoms with Crippen LogP contribution in [0.25, 0.3) is 11.3 Å². The van der Waals surface area contributed by atoms with Crippen LogP contribution < -0.4 is 5.32 Å². The molecule has 4 rings (SSSR count). The number of likely N-dealkylation sites (tertiary alicyclic amines) is 1. The van der Waals surface area contributed by atoms with Gasteiger partial charge in [0.2, 0.25) is 0 Å². The van der Waals surface area contributed by atoms with E-state index in [1.54, 1.807) is 6.20 Å². The minimum absolute atomic E-state index is 0. The Kier molecular flexibility index (Phi) is 5.13. The monoisotopic (exact) mass is 366 g/mol. The number of benzene rings is 1. The number of halogens is 2. The van der Waals surface area contributed by atoms with Gasteiger partial charge in [-0.05, 0) is 25.3 Å². The lowest BCUT2D eigenvalue weighted by molar-refractivity contribution is 0.0749. The Hall–Kier alpha value is -1.56. The fraction of sp³-hybridized carbons (Fsp3) is 0.412. The van der Waals surface area contributed by atoms with Gasteiger partial charge in [-0.15, -0.1) is 12.4 Å². The number of rotatable bonds is 2. The van der Waals surface area contributed by atoms with Crippen molar-refractivity contribution in [2.24, 2.45) is 0 Å². The second kappa shape index (κ2) is 7.13. The lowest BCUT2D eigenvalue weighted by Crippen LogP contribution is -2.39. The average molecular weight is 367 g/mol. The molecule has 1 aromatic heterocycles. The van der Waals surface area contributed by atoms with E-state index >= 15 is 0 Å². The van der Waals surface area contributed by atoms with Gasteiger partial charge < -0.3 is 10.2 Å². The molecule has 0 saturated carbocycles. The number of aromatic amines is 1. The normalized spacial score (nSPS) is 22.8. The van der Waals surface area contributed by atoms with Crippen LogP contribution in [0.5, 0.6) is 0 Å². The molecular formula is C17H20Cl2N4O. The highest BCUT2D eigenvalue weighted by Gasteiger charge is 2.32. The number of nitrogens with one attached hydrogen (secondary N) is 2. The summed E-state index contributed by atoms with van der Waals surface area (Å²) in [4.78, 5) is 14.9. The van der Waals surface area contributed by atoms with Crippen molar-refractivity contribution in [1.29, 1.82) is 0 Å². The number of nitrogens with zero attached hydrogens (tertiary/aromatic N) is 2. The fourth-order valence-electron chi connectivity index (χ4n) is 3.62. The number of carbonyl (C=O) groups excluding carboxylic acids is 1. The third-order valence-electron chi connectivity index (χ3n) is 4.82. The maximum atomic E-state index is 13.0. The summed E-state index contributed by atoms with van der Waals surface area (Å²) in [5.74, 6) is 0.0306. The number of carbonyl (C=O) groups is 1. The van der Waals surface area contributed by atoms with Crippen LogP contribution in [0.15, 0.2) is 30.5 Å². The zero-order chi connectivity index (χ0) is 15.8. The molecule has 2 unspecified atom stereocenters. The lowest BCUT2D eigenvalue weighted by Gasteiger charge is -2.24. The van der Waals surface area contributed by atoms with Crippen molar-refractivity contribution < 1.29 is 4.79 Å². The van der Waals surface area contributed by atoms with E-state index in [9.17, 15) is 4.79 Å². The van der Waals surface area contributed by atoms with Crippen molar-refractivity contribution in [2.45, 2.75) is 31.3 Å². The first-order valence-corrected chi connectivity index (χ1v) is 8.44. The minimum Gasteiger partial charge on any atom is -0.337 e. The van der Waals surface area contributed by atoms with Crippen LogP contribution in [0.3, 0.4) is 0 Å². The fourth-order valence-corrected chi connectivity index (χ4v) is 3.85. The molecule has 7 heteroatoms. The van der Waals surface area contributed by atoms with Crippen molar-refractivity contribution in [3.8, 4) is 11.3 Å². The van der Waals surface area contributed by atoms with Gasteiger partial charge in [0.25, 0.3) is 5.91 Å². The molecule has 2 fully saturated rings. The van der Waals surface area contributed by atoms with Gasteiger partial charge in [-0.25, -0.2) is 0 Å². The van der Waals surface area contributed by atoms with E-state index in [0.717, 1.165) is 31.5 Å². The molecule has 0 aliphatic carbocycles. The number of hydrogen-bond acceptors (Lipinski definition) is 3. The highest BCUT2D eigenvalue weighted by atomic mass is 35.5. The zero-order valence-electron chi connectivity index (χ0n) is 13.2. The molecule has 5 nitrogen and oxygen atoms in total. The first-order chi connectivity index (χ1) is 11.2. The third kappa shape index (κ3) is 3.16. The van der Waals surface area contributed by atoms with Crippen LogP contribution in [0.4, 0.5) is 0 Å². The van der Waals surface area contributed by atoms with Crippen molar-refractivity contribution >= 4 is 29.9 Å². The quantitative estimate of drug-likeness (QED) is 0.858. The van der Waals surface area contributed by atoms with Crippen LogP contribution in [-0.4, -0.2) is 46.2 Å². The first kappa shape index (κ1) is 17.3. The summed E-state index contributed by atoms with van der Waals surface area (Å²) in [6.07, 6.45) is 5.00. The molecule has 2 bridgehead atoms. The van der Waals surface area contributed by atoms with Gasteiger partial charge in [0.05, 0.1) is 17.5 Å². The Morgan fingerprint density at radius 2 is 2.00 bits per heavy atom. The first-order valence-electron chi connectivity index (χ1n) is 8.06. The molecule has 2 aliphatic heterocycles. The molecule has 2 atom stereocenters. The maximum Gasteiger partial charge on any atom is 0.257 e.